The molecule has 0 spiro atoms. The maximum atomic E-state index is 12.3. The van der Waals surface area contributed by atoms with E-state index in [2.05, 4.69) is 20.6 Å². The van der Waals surface area contributed by atoms with Crippen LogP contribution in [0.2, 0.25) is 0 Å². The van der Waals surface area contributed by atoms with Gasteiger partial charge < -0.3 is 20.1 Å². The number of amides is 1. The summed E-state index contributed by atoms with van der Waals surface area (Å²) in [6.45, 7) is 3.83. The van der Waals surface area contributed by atoms with Crippen LogP contribution in [0.15, 0.2) is 36.7 Å². The van der Waals surface area contributed by atoms with E-state index >= 15 is 0 Å². The van der Waals surface area contributed by atoms with Crippen molar-refractivity contribution in [3.05, 3.63) is 42.4 Å². The van der Waals surface area contributed by atoms with Crippen LogP contribution in [0, 0.1) is 0 Å². The van der Waals surface area contributed by atoms with Crippen molar-refractivity contribution in [1.82, 2.24) is 9.97 Å². The lowest BCUT2D eigenvalue weighted by Gasteiger charge is -2.11. The van der Waals surface area contributed by atoms with Crippen molar-refractivity contribution < 1.29 is 14.3 Å². The number of hydrogen-bond acceptors (Lipinski definition) is 6. The Bertz CT molecular complexity index is 647. The third-order valence-corrected chi connectivity index (χ3v) is 3.15. The highest BCUT2D eigenvalue weighted by Gasteiger charge is 2.11. The van der Waals surface area contributed by atoms with Gasteiger partial charge in [0, 0.05) is 20.3 Å². The van der Waals surface area contributed by atoms with Crippen molar-refractivity contribution in [2.24, 2.45) is 0 Å². The summed E-state index contributed by atoms with van der Waals surface area (Å²) in [6, 6.07) is 7.27. The maximum Gasteiger partial charge on any atom is 0.275 e. The summed E-state index contributed by atoms with van der Waals surface area (Å²) in [5, 5.41) is 5.90. The average Bonchev–Trinajstić information content (AvgIpc) is 2.61. The molecule has 0 unspecified atom stereocenters. The Balaban J connectivity index is 1.95. The van der Waals surface area contributed by atoms with E-state index in [1.807, 2.05) is 19.1 Å². The number of hydrogen-bond donors (Lipinski definition) is 2. The smallest absolute Gasteiger partial charge is 0.275 e. The van der Waals surface area contributed by atoms with Gasteiger partial charge in [-0.1, -0.05) is 12.1 Å². The molecule has 0 aliphatic heterocycles. The van der Waals surface area contributed by atoms with Crippen LogP contribution >= 0.6 is 0 Å². The number of nitrogens with one attached hydrogen (secondary N) is 2. The predicted molar refractivity (Wildman–Crippen MR) is 92.6 cm³/mol. The van der Waals surface area contributed by atoms with E-state index in [-0.39, 0.29) is 11.6 Å². The fraction of sp³-hybridized carbons (Fsp3) is 0.353. The fourth-order valence-electron chi connectivity index (χ4n) is 2.01. The van der Waals surface area contributed by atoms with E-state index in [4.69, 9.17) is 9.47 Å². The first-order valence-electron chi connectivity index (χ1n) is 7.82. The number of carbonyl (C=O) groups excluding carboxylic acids is 1. The van der Waals surface area contributed by atoms with Gasteiger partial charge in [0.05, 0.1) is 24.7 Å². The SMILES string of the molecule is CCOc1ccccc1NC(=O)c1cnc(NCCCOC)cn1. The van der Waals surface area contributed by atoms with Gasteiger partial charge in [-0.25, -0.2) is 9.97 Å². The lowest BCUT2D eigenvalue weighted by molar-refractivity contribution is 0.102. The molecule has 2 aromatic rings. The van der Waals surface area contributed by atoms with Gasteiger partial charge in [-0.2, -0.15) is 0 Å². The van der Waals surface area contributed by atoms with Gasteiger partial charge in [-0.05, 0) is 25.5 Å². The van der Waals surface area contributed by atoms with E-state index in [0.717, 1.165) is 13.0 Å². The van der Waals surface area contributed by atoms with Gasteiger partial charge >= 0.3 is 0 Å². The Labute approximate surface area is 141 Å². The summed E-state index contributed by atoms with van der Waals surface area (Å²) in [5.74, 6) is 0.913. The summed E-state index contributed by atoms with van der Waals surface area (Å²) < 4.78 is 10.5. The van der Waals surface area contributed by atoms with Crippen LogP contribution in [-0.4, -0.2) is 42.7 Å². The Kier molecular flexibility index (Phi) is 6.97. The molecule has 1 aromatic carbocycles. The summed E-state index contributed by atoms with van der Waals surface area (Å²) in [5.41, 5.74) is 0.844. The number of methoxy groups -OCH3 is 1. The minimum atomic E-state index is -0.333. The molecule has 0 saturated carbocycles. The lowest BCUT2D eigenvalue weighted by atomic mass is 10.3. The third kappa shape index (κ3) is 5.20. The third-order valence-electron chi connectivity index (χ3n) is 3.15. The Morgan fingerprint density at radius 2 is 2.04 bits per heavy atom. The molecule has 0 radical (unpaired) electrons. The molecular weight excluding hydrogens is 308 g/mol. The number of nitrogens with zero attached hydrogens (tertiary/aromatic N) is 2. The lowest BCUT2D eigenvalue weighted by Crippen LogP contribution is -2.15. The molecule has 0 aliphatic carbocycles. The van der Waals surface area contributed by atoms with Crippen molar-refractivity contribution in [1.29, 1.82) is 0 Å². The van der Waals surface area contributed by atoms with Crippen LogP contribution in [0.3, 0.4) is 0 Å². The zero-order valence-electron chi connectivity index (χ0n) is 13.9. The second-order valence-corrected chi connectivity index (χ2v) is 4.94. The number of anilines is 2. The molecule has 1 heterocycles. The van der Waals surface area contributed by atoms with Crippen LogP contribution in [0.5, 0.6) is 5.75 Å². The highest BCUT2D eigenvalue weighted by molar-refractivity contribution is 6.03. The zero-order chi connectivity index (χ0) is 17.2. The van der Waals surface area contributed by atoms with Gasteiger partial charge in [0.2, 0.25) is 0 Å². The van der Waals surface area contributed by atoms with Crippen LogP contribution in [0.4, 0.5) is 11.5 Å². The Hall–Kier alpha value is -2.67. The zero-order valence-corrected chi connectivity index (χ0v) is 13.9. The number of ether oxygens (including phenoxy) is 2. The first-order chi connectivity index (χ1) is 11.7. The highest BCUT2D eigenvalue weighted by atomic mass is 16.5. The Morgan fingerprint density at radius 3 is 2.75 bits per heavy atom. The van der Waals surface area contributed by atoms with Gasteiger partial charge in [0.15, 0.2) is 0 Å². The summed E-state index contributed by atoms with van der Waals surface area (Å²) in [6.07, 6.45) is 3.85. The molecule has 2 rings (SSSR count). The normalized spacial score (nSPS) is 10.2. The maximum absolute atomic E-state index is 12.3. The Morgan fingerprint density at radius 1 is 1.21 bits per heavy atom. The molecule has 0 atom stereocenters. The van der Waals surface area contributed by atoms with Crippen molar-refractivity contribution in [3.8, 4) is 5.75 Å². The number of aromatic nitrogens is 2. The van der Waals surface area contributed by atoms with E-state index < -0.39 is 0 Å². The first kappa shape index (κ1) is 17.7. The molecular formula is C17H22N4O3. The molecule has 0 saturated heterocycles. The number of rotatable bonds is 9. The topological polar surface area (TPSA) is 85.4 Å². The molecule has 2 N–H and O–H groups in total. The van der Waals surface area contributed by atoms with Gasteiger partial charge in [-0.3, -0.25) is 4.79 Å². The highest BCUT2D eigenvalue weighted by Crippen LogP contribution is 2.24. The second-order valence-electron chi connectivity index (χ2n) is 4.94. The molecule has 128 valence electrons. The van der Waals surface area contributed by atoms with Crippen molar-refractivity contribution in [2.45, 2.75) is 13.3 Å². The van der Waals surface area contributed by atoms with Crippen LogP contribution in [0.1, 0.15) is 23.8 Å². The quantitative estimate of drug-likeness (QED) is 0.687. The molecule has 0 aliphatic rings. The number of benzene rings is 1. The van der Waals surface area contributed by atoms with Gasteiger partial charge in [0.25, 0.3) is 5.91 Å². The molecule has 1 amide bonds. The first-order valence-corrected chi connectivity index (χ1v) is 7.82. The molecule has 1 aromatic heterocycles. The van der Waals surface area contributed by atoms with Crippen molar-refractivity contribution in [3.63, 3.8) is 0 Å². The van der Waals surface area contributed by atoms with Crippen LogP contribution < -0.4 is 15.4 Å². The van der Waals surface area contributed by atoms with E-state index in [1.54, 1.807) is 19.2 Å². The monoisotopic (exact) mass is 330 g/mol. The summed E-state index contributed by atoms with van der Waals surface area (Å²) in [7, 11) is 1.66. The van der Waals surface area contributed by atoms with Crippen molar-refractivity contribution in [2.75, 3.05) is 37.5 Å². The van der Waals surface area contributed by atoms with Gasteiger partial charge in [0.1, 0.15) is 17.3 Å². The van der Waals surface area contributed by atoms with Crippen molar-refractivity contribution >= 4 is 17.4 Å². The fourth-order valence-corrected chi connectivity index (χ4v) is 2.01. The molecule has 24 heavy (non-hydrogen) atoms. The number of carbonyl (C=O) groups is 1. The number of para-hydroxylation sites is 2. The molecule has 0 bridgehead atoms. The van der Waals surface area contributed by atoms with Crippen LogP contribution in [-0.2, 0) is 4.74 Å². The van der Waals surface area contributed by atoms with Crippen LogP contribution in [0.25, 0.3) is 0 Å². The van der Waals surface area contributed by atoms with E-state index in [1.165, 1.54) is 12.4 Å². The second kappa shape index (κ2) is 9.46. The largest absolute Gasteiger partial charge is 0.492 e. The molecule has 7 heteroatoms. The van der Waals surface area contributed by atoms with E-state index in [0.29, 0.717) is 30.5 Å². The molecule has 7 nitrogen and oxygen atoms in total. The minimum Gasteiger partial charge on any atom is -0.492 e. The average molecular weight is 330 g/mol. The summed E-state index contributed by atoms with van der Waals surface area (Å²) in [4.78, 5) is 20.6. The molecule has 0 fully saturated rings. The predicted octanol–water partition coefficient (Wildman–Crippen LogP) is 2.58. The summed E-state index contributed by atoms with van der Waals surface area (Å²) >= 11 is 0. The standard InChI is InChI=1S/C17H22N4O3/c1-3-24-15-8-5-4-7-13(15)21-17(22)14-11-20-16(12-19-14)18-9-6-10-23-2/h4-5,7-8,11-12H,3,6,9-10H2,1-2H3,(H,18,20)(H,21,22). The van der Waals surface area contributed by atoms with E-state index in [9.17, 15) is 4.79 Å². The minimum absolute atomic E-state index is 0.240. The van der Waals surface area contributed by atoms with Gasteiger partial charge in [-0.15, -0.1) is 0 Å².